The van der Waals surface area contributed by atoms with Gasteiger partial charge in [0, 0.05) is 0 Å². The largest absolute Gasteiger partial charge is 0.106 e. The molecule has 0 spiro atoms. The van der Waals surface area contributed by atoms with Crippen LogP contribution >= 0.6 is 0 Å². The highest BCUT2D eigenvalue weighted by atomic mass is 14.2. The van der Waals surface area contributed by atoms with Crippen LogP contribution in [0, 0.1) is 11.8 Å². The highest BCUT2D eigenvalue weighted by Gasteiger charge is 2.16. The van der Waals surface area contributed by atoms with Crippen molar-refractivity contribution >= 4 is 0 Å². The number of hydrogen-bond donors (Lipinski definition) is 0. The van der Waals surface area contributed by atoms with E-state index in [2.05, 4.69) is 46.6 Å². The van der Waals surface area contributed by atoms with E-state index in [-0.39, 0.29) is 0 Å². The van der Waals surface area contributed by atoms with E-state index in [1.807, 2.05) is 13.8 Å². The summed E-state index contributed by atoms with van der Waals surface area (Å²) >= 11 is 0. The summed E-state index contributed by atoms with van der Waals surface area (Å²) in [6, 6.07) is 0. The Morgan fingerprint density at radius 3 is 1.65 bits per heavy atom. The monoisotopic (exact) mass is 240 g/mol. The molecular weight excluding hydrogens is 204 g/mol. The smallest absolute Gasteiger partial charge is 0.0325 e. The van der Waals surface area contributed by atoms with E-state index in [4.69, 9.17) is 0 Å². The van der Waals surface area contributed by atoms with E-state index in [0.29, 0.717) is 0 Å². The molecule has 0 bridgehead atoms. The zero-order chi connectivity index (χ0) is 14.1. The molecule has 1 aliphatic carbocycles. The Labute approximate surface area is 111 Å². The van der Waals surface area contributed by atoms with Crippen molar-refractivity contribution in [2.75, 3.05) is 0 Å². The molecule has 1 saturated carbocycles. The second-order valence-electron chi connectivity index (χ2n) is 4.36. The van der Waals surface area contributed by atoms with Crippen LogP contribution in [0.2, 0.25) is 0 Å². The molecule has 0 saturated heterocycles. The average Bonchev–Trinajstić information content (AvgIpc) is 2.38. The maximum atomic E-state index is 3.77. The molecule has 0 N–H and O–H groups in total. The van der Waals surface area contributed by atoms with Gasteiger partial charge in [-0.15, -0.1) is 19.7 Å². The number of rotatable bonds is 2. The minimum absolute atomic E-state index is 0.966. The van der Waals surface area contributed by atoms with Crippen LogP contribution in [0.4, 0.5) is 0 Å². The van der Waals surface area contributed by atoms with Gasteiger partial charge in [0.1, 0.15) is 0 Å². The molecule has 0 aromatic rings. The van der Waals surface area contributed by atoms with Gasteiger partial charge in [0.2, 0.25) is 0 Å². The molecule has 0 heteroatoms. The van der Waals surface area contributed by atoms with Crippen molar-refractivity contribution in [2.24, 2.45) is 11.8 Å². The molecule has 0 atom stereocenters. The third-order valence-electron chi connectivity index (χ3n) is 2.64. The lowest BCUT2D eigenvalue weighted by Gasteiger charge is -2.24. The van der Waals surface area contributed by atoms with Crippen molar-refractivity contribution in [3.63, 3.8) is 0 Å². The van der Waals surface area contributed by atoms with Gasteiger partial charge in [-0.1, -0.05) is 60.0 Å². The summed E-state index contributed by atoms with van der Waals surface area (Å²) in [4.78, 5) is 0. The predicted molar refractivity (Wildman–Crippen MR) is 84.5 cm³/mol. The van der Waals surface area contributed by atoms with Crippen LogP contribution in [0.25, 0.3) is 0 Å². The standard InChI is InChI=1S/C10H18.C3H8.C2H6.C2H4/c1-3-4-10-7-5-9(2)6-8-10;1-3-2;2*1-2/h3,9-10H,1,4-8H2,2H3;3H2,1-2H3;1-2H3;1-2H2. The average molecular weight is 240 g/mol. The zero-order valence-corrected chi connectivity index (χ0v) is 13.1. The molecule has 0 aromatic heterocycles. The van der Waals surface area contributed by atoms with Gasteiger partial charge in [-0.2, -0.15) is 0 Å². The highest BCUT2D eigenvalue weighted by Crippen LogP contribution is 2.30. The SMILES string of the molecule is C=C.C=CCC1CCC(C)CC1.CC.CCC. The Bertz CT molecular complexity index is 118. The molecule has 1 aliphatic rings. The predicted octanol–water partition coefficient (Wildman–Crippen LogP) is 6.63. The molecule has 104 valence electrons. The van der Waals surface area contributed by atoms with Gasteiger partial charge in [0.25, 0.3) is 0 Å². The van der Waals surface area contributed by atoms with Crippen LogP contribution in [0.3, 0.4) is 0 Å². The first-order valence-corrected chi connectivity index (χ1v) is 7.35. The summed E-state index contributed by atoms with van der Waals surface area (Å²) in [6.07, 6.45) is 10.3. The Morgan fingerprint density at radius 2 is 1.35 bits per heavy atom. The van der Waals surface area contributed by atoms with Gasteiger partial charge >= 0.3 is 0 Å². The maximum Gasteiger partial charge on any atom is -0.0325 e. The van der Waals surface area contributed by atoms with Gasteiger partial charge in [0.05, 0.1) is 0 Å². The lowest BCUT2D eigenvalue weighted by Crippen LogP contribution is -2.11. The third-order valence-corrected chi connectivity index (χ3v) is 2.64. The Balaban J connectivity index is -0.000000239. The van der Waals surface area contributed by atoms with Gasteiger partial charge < -0.3 is 0 Å². The van der Waals surface area contributed by atoms with E-state index < -0.39 is 0 Å². The molecule has 0 radical (unpaired) electrons. The Kier molecular flexibility index (Phi) is 26.6. The minimum atomic E-state index is 0.966. The van der Waals surface area contributed by atoms with Crippen LogP contribution in [0.5, 0.6) is 0 Å². The maximum absolute atomic E-state index is 3.77. The Hall–Kier alpha value is -0.520. The van der Waals surface area contributed by atoms with Crippen molar-refractivity contribution in [1.29, 1.82) is 0 Å². The molecule has 17 heavy (non-hydrogen) atoms. The van der Waals surface area contributed by atoms with Gasteiger partial charge in [0.15, 0.2) is 0 Å². The van der Waals surface area contributed by atoms with Crippen molar-refractivity contribution in [1.82, 2.24) is 0 Å². The fourth-order valence-electron chi connectivity index (χ4n) is 1.80. The minimum Gasteiger partial charge on any atom is -0.106 e. The summed E-state index contributed by atoms with van der Waals surface area (Å²) in [5, 5.41) is 0. The van der Waals surface area contributed by atoms with E-state index >= 15 is 0 Å². The molecular formula is C17H36. The van der Waals surface area contributed by atoms with E-state index in [9.17, 15) is 0 Å². The first kappa shape index (κ1) is 21.7. The first-order valence-electron chi connectivity index (χ1n) is 7.35. The van der Waals surface area contributed by atoms with Gasteiger partial charge in [-0.05, 0) is 31.1 Å². The molecule has 0 nitrogen and oxygen atoms in total. The van der Waals surface area contributed by atoms with Crippen molar-refractivity contribution in [3.8, 4) is 0 Å². The van der Waals surface area contributed by atoms with Crippen LogP contribution < -0.4 is 0 Å². The van der Waals surface area contributed by atoms with E-state index in [1.165, 1.54) is 38.5 Å². The van der Waals surface area contributed by atoms with E-state index in [0.717, 1.165) is 11.8 Å². The normalized spacial score (nSPS) is 21.5. The number of hydrogen-bond acceptors (Lipinski definition) is 0. The second-order valence-corrected chi connectivity index (χ2v) is 4.36. The van der Waals surface area contributed by atoms with Crippen LogP contribution in [-0.2, 0) is 0 Å². The molecule has 1 rings (SSSR count). The first-order chi connectivity index (χ1) is 8.24. The van der Waals surface area contributed by atoms with Crippen molar-refractivity contribution in [2.45, 2.75) is 73.1 Å². The van der Waals surface area contributed by atoms with Crippen LogP contribution in [0.1, 0.15) is 73.1 Å². The zero-order valence-electron chi connectivity index (χ0n) is 13.1. The number of allylic oxidation sites excluding steroid dienone is 1. The lowest BCUT2D eigenvalue weighted by molar-refractivity contribution is 0.292. The fraction of sp³-hybridized carbons (Fsp3) is 0.765. The van der Waals surface area contributed by atoms with Crippen LogP contribution in [0.15, 0.2) is 25.8 Å². The molecule has 0 aromatic carbocycles. The molecule has 0 amide bonds. The summed E-state index contributed by atoms with van der Waals surface area (Å²) in [6.45, 7) is 20.4. The molecule has 0 aliphatic heterocycles. The summed E-state index contributed by atoms with van der Waals surface area (Å²) in [5.41, 5.74) is 0. The molecule has 0 heterocycles. The van der Waals surface area contributed by atoms with Crippen LogP contribution in [-0.4, -0.2) is 0 Å². The second kappa shape index (κ2) is 20.8. The molecule has 1 fully saturated rings. The Morgan fingerprint density at radius 1 is 1.00 bits per heavy atom. The fourth-order valence-corrected chi connectivity index (χ4v) is 1.80. The molecule has 0 unspecified atom stereocenters. The van der Waals surface area contributed by atoms with Crippen molar-refractivity contribution in [3.05, 3.63) is 25.8 Å². The summed E-state index contributed by atoms with van der Waals surface area (Å²) in [7, 11) is 0. The van der Waals surface area contributed by atoms with Gasteiger partial charge in [-0.25, -0.2) is 0 Å². The quantitative estimate of drug-likeness (QED) is 0.475. The lowest BCUT2D eigenvalue weighted by atomic mass is 9.81. The third kappa shape index (κ3) is 18.1. The van der Waals surface area contributed by atoms with Crippen molar-refractivity contribution < 1.29 is 0 Å². The highest BCUT2D eigenvalue weighted by molar-refractivity contribution is 4.77. The van der Waals surface area contributed by atoms with Gasteiger partial charge in [-0.3, -0.25) is 0 Å². The summed E-state index contributed by atoms with van der Waals surface area (Å²) in [5.74, 6) is 1.95. The topological polar surface area (TPSA) is 0 Å². The van der Waals surface area contributed by atoms with E-state index in [1.54, 1.807) is 0 Å². The summed E-state index contributed by atoms with van der Waals surface area (Å²) < 4.78 is 0.